The predicted octanol–water partition coefficient (Wildman–Crippen LogP) is 3.88. The molecule has 1 N–H and O–H groups in total. The number of aryl methyl sites for hydroxylation is 1. The fourth-order valence-electron chi connectivity index (χ4n) is 5.71. The molecule has 2 atom stereocenters. The van der Waals surface area contributed by atoms with E-state index in [0.29, 0.717) is 12.0 Å². The average molecular weight is 553 g/mol. The number of methoxy groups -OCH3 is 1. The molecule has 6 rings (SSSR count). The molecule has 6 heterocycles. The zero-order valence-corrected chi connectivity index (χ0v) is 24.8. The summed E-state index contributed by atoms with van der Waals surface area (Å²) in [5.41, 5.74) is 5.22. The SMILES string of the molecule is COC(C)(C)C.Cc1nc(C2CCN(C3CN(C=O)C3)C2)cc2c1OC(C)c1c(N3CCOCC3)ccnc1N2. The second-order valence-corrected chi connectivity index (χ2v) is 12.1. The second kappa shape index (κ2) is 11.9. The van der Waals surface area contributed by atoms with Gasteiger partial charge >= 0.3 is 0 Å². The molecule has 218 valence electrons. The first-order valence-electron chi connectivity index (χ1n) is 14.4. The number of nitrogens with zero attached hydrogens (tertiary/aromatic N) is 5. The molecule has 2 aromatic heterocycles. The Hall–Kier alpha value is -2.95. The summed E-state index contributed by atoms with van der Waals surface area (Å²) in [6.45, 7) is 17.1. The van der Waals surface area contributed by atoms with Crippen molar-refractivity contribution < 1.29 is 19.0 Å². The number of carbonyl (C=O) groups is 1. The third kappa shape index (κ3) is 6.19. The maximum Gasteiger partial charge on any atom is 0.209 e. The van der Waals surface area contributed by atoms with Gasteiger partial charge in [-0.2, -0.15) is 0 Å². The van der Waals surface area contributed by atoms with Gasteiger partial charge < -0.3 is 29.3 Å². The molecular formula is C30H44N6O4. The largest absolute Gasteiger partial charge is 0.482 e. The van der Waals surface area contributed by atoms with Gasteiger partial charge in [0.1, 0.15) is 11.9 Å². The quantitative estimate of drug-likeness (QED) is 0.568. The van der Waals surface area contributed by atoms with Crippen molar-refractivity contribution in [2.45, 2.75) is 64.7 Å². The summed E-state index contributed by atoms with van der Waals surface area (Å²) in [6, 6.07) is 4.71. The number of anilines is 3. The number of pyridine rings is 2. The Morgan fingerprint density at radius 2 is 1.88 bits per heavy atom. The number of hydrogen-bond donors (Lipinski definition) is 1. The van der Waals surface area contributed by atoms with Crippen LogP contribution in [0.15, 0.2) is 18.3 Å². The first kappa shape index (κ1) is 28.6. The highest BCUT2D eigenvalue weighted by Crippen LogP contribution is 2.44. The van der Waals surface area contributed by atoms with E-state index in [4.69, 9.17) is 24.2 Å². The molecule has 40 heavy (non-hydrogen) atoms. The van der Waals surface area contributed by atoms with Gasteiger partial charge in [-0.25, -0.2) is 4.98 Å². The summed E-state index contributed by atoms with van der Waals surface area (Å²) >= 11 is 0. The van der Waals surface area contributed by atoms with Crippen LogP contribution in [0.4, 0.5) is 17.2 Å². The van der Waals surface area contributed by atoms with Gasteiger partial charge in [0.05, 0.1) is 35.8 Å². The Kier molecular flexibility index (Phi) is 8.49. The summed E-state index contributed by atoms with van der Waals surface area (Å²) in [5.74, 6) is 2.03. The Bertz CT molecular complexity index is 1190. The van der Waals surface area contributed by atoms with Crippen molar-refractivity contribution in [1.82, 2.24) is 19.8 Å². The van der Waals surface area contributed by atoms with Gasteiger partial charge in [-0.15, -0.1) is 0 Å². The summed E-state index contributed by atoms with van der Waals surface area (Å²) in [6.07, 6.45) is 3.75. The van der Waals surface area contributed by atoms with E-state index in [0.717, 1.165) is 105 Å². The van der Waals surface area contributed by atoms with Crippen LogP contribution in [0.3, 0.4) is 0 Å². The predicted molar refractivity (Wildman–Crippen MR) is 156 cm³/mol. The van der Waals surface area contributed by atoms with Crippen molar-refractivity contribution in [3.8, 4) is 5.75 Å². The van der Waals surface area contributed by atoms with Crippen molar-refractivity contribution in [3.63, 3.8) is 0 Å². The second-order valence-electron chi connectivity index (χ2n) is 12.1. The third-order valence-corrected chi connectivity index (χ3v) is 8.24. The molecule has 4 aliphatic rings. The molecule has 0 aliphatic carbocycles. The lowest BCUT2D eigenvalue weighted by molar-refractivity contribution is -0.124. The molecule has 4 aliphatic heterocycles. The number of amides is 1. The molecule has 2 aromatic rings. The van der Waals surface area contributed by atoms with Crippen LogP contribution in [0.1, 0.15) is 63.1 Å². The Morgan fingerprint density at radius 3 is 2.55 bits per heavy atom. The van der Waals surface area contributed by atoms with E-state index in [1.165, 1.54) is 0 Å². The lowest BCUT2D eigenvalue weighted by Gasteiger charge is -2.42. The zero-order chi connectivity index (χ0) is 28.4. The summed E-state index contributed by atoms with van der Waals surface area (Å²) in [7, 11) is 1.71. The minimum atomic E-state index is -0.150. The molecule has 0 bridgehead atoms. The van der Waals surface area contributed by atoms with E-state index in [2.05, 4.69) is 34.2 Å². The van der Waals surface area contributed by atoms with E-state index in [1.807, 2.05) is 38.8 Å². The monoisotopic (exact) mass is 552 g/mol. The van der Waals surface area contributed by atoms with Crippen molar-refractivity contribution >= 4 is 23.6 Å². The van der Waals surface area contributed by atoms with Crippen LogP contribution in [-0.2, 0) is 14.3 Å². The van der Waals surface area contributed by atoms with Crippen LogP contribution in [0, 0.1) is 6.92 Å². The van der Waals surface area contributed by atoms with Gasteiger partial charge in [0.2, 0.25) is 6.41 Å². The van der Waals surface area contributed by atoms with Gasteiger partial charge in [-0.3, -0.25) is 14.7 Å². The molecule has 0 aromatic carbocycles. The fourth-order valence-corrected chi connectivity index (χ4v) is 5.71. The molecule has 10 heteroatoms. The van der Waals surface area contributed by atoms with Gasteiger partial charge in [-0.1, -0.05) is 0 Å². The van der Waals surface area contributed by atoms with Gasteiger partial charge in [0.15, 0.2) is 5.75 Å². The fraction of sp³-hybridized carbons (Fsp3) is 0.633. The summed E-state index contributed by atoms with van der Waals surface area (Å²) in [4.78, 5) is 27.3. The van der Waals surface area contributed by atoms with E-state index in [-0.39, 0.29) is 11.7 Å². The highest BCUT2D eigenvalue weighted by atomic mass is 16.5. The smallest absolute Gasteiger partial charge is 0.209 e. The van der Waals surface area contributed by atoms with Crippen LogP contribution >= 0.6 is 0 Å². The number of carbonyl (C=O) groups excluding carboxylic acids is 1. The molecule has 0 spiro atoms. The third-order valence-electron chi connectivity index (χ3n) is 8.24. The van der Waals surface area contributed by atoms with Crippen LogP contribution in [0.25, 0.3) is 0 Å². The molecule has 3 fully saturated rings. The van der Waals surface area contributed by atoms with Gasteiger partial charge in [-0.05, 0) is 59.7 Å². The van der Waals surface area contributed by atoms with Crippen molar-refractivity contribution in [1.29, 1.82) is 0 Å². The van der Waals surface area contributed by atoms with E-state index in [1.54, 1.807) is 7.11 Å². The summed E-state index contributed by atoms with van der Waals surface area (Å²) in [5, 5.41) is 3.59. The number of nitrogens with one attached hydrogen (secondary N) is 1. The van der Waals surface area contributed by atoms with E-state index in [9.17, 15) is 4.79 Å². The Labute approximate surface area is 238 Å². The Morgan fingerprint density at radius 1 is 1.15 bits per heavy atom. The average Bonchev–Trinajstić information content (AvgIpc) is 3.34. The van der Waals surface area contributed by atoms with Crippen molar-refractivity contribution in [3.05, 3.63) is 35.3 Å². The number of hydrogen-bond acceptors (Lipinski definition) is 9. The van der Waals surface area contributed by atoms with Crippen LogP contribution in [-0.4, -0.2) is 97.4 Å². The maximum atomic E-state index is 10.9. The molecule has 3 saturated heterocycles. The topological polar surface area (TPSA) is 92.3 Å². The highest BCUT2D eigenvalue weighted by molar-refractivity contribution is 5.74. The van der Waals surface area contributed by atoms with E-state index < -0.39 is 0 Å². The molecule has 1 amide bonds. The van der Waals surface area contributed by atoms with Crippen molar-refractivity contribution in [2.75, 3.05) is 69.8 Å². The maximum absolute atomic E-state index is 10.9. The normalized spacial score (nSPS) is 23.1. The van der Waals surface area contributed by atoms with Gasteiger partial charge in [0.25, 0.3) is 0 Å². The van der Waals surface area contributed by atoms with Crippen LogP contribution < -0.4 is 15.0 Å². The lowest BCUT2D eigenvalue weighted by atomic mass is 10.0. The standard InChI is InChI=1S/C25H32N6O3.C5H12O/c1-16-24-21(11-20(27-16)18-4-6-31(12-18)19-13-29(14-19)15-32)28-25-23(17(2)34-24)22(3-5-26-25)30-7-9-33-10-8-30;1-5(2,3)6-4/h3,5,11,15,17-19H,4,6-10,12-14H2,1-2H3,(H,26,28);1-4H3. The summed E-state index contributed by atoms with van der Waals surface area (Å²) < 4.78 is 17.0. The molecule has 10 nitrogen and oxygen atoms in total. The molecular weight excluding hydrogens is 508 g/mol. The lowest BCUT2D eigenvalue weighted by Crippen LogP contribution is -2.58. The minimum Gasteiger partial charge on any atom is -0.482 e. The zero-order valence-electron chi connectivity index (χ0n) is 24.8. The molecule has 0 radical (unpaired) electrons. The first-order chi connectivity index (χ1) is 19.2. The Balaban J connectivity index is 0.000000487. The highest BCUT2D eigenvalue weighted by Gasteiger charge is 2.37. The minimum absolute atomic E-state index is 0.0417. The molecule has 2 unspecified atom stereocenters. The van der Waals surface area contributed by atoms with Crippen LogP contribution in [0.5, 0.6) is 5.75 Å². The van der Waals surface area contributed by atoms with E-state index >= 15 is 0 Å². The number of rotatable bonds is 4. The number of ether oxygens (including phenoxy) is 3. The van der Waals surface area contributed by atoms with Crippen LogP contribution in [0.2, 0.25) is 0 Å². The van der Waals surface area contributed by atoms with Crippen molar-refractivity contribution in [2.24, 2.45) is 0 Å². The number of aromatic nitrogens is 2. The number of fused-ring (bicyclic) bond motifs is 2. The number of likely N-dealkylation sites (tertiary alicyclic amines) is 2. The molecule has 0 saturated carbocycles. The first-order valence-corrected chi connectivity index (χ1v) is 14.4. The number of morpholine rings is 1. The van der Waals surface area contributed by atoms with Gasteiger partial charge in [0, 0.05) is 69.4 Å².